The van der Waals surface area contributed by atoms with E-state index in [1.54, 1.807) is 0 Å². The van der Waals surface area contributed by atoms with Crippen LogP contribution in [0.5, 0.6) is 0 Å². The summed E-state index contributed by atoms with van der Waals surface area (Å²) in [6.07, 6.45) is -3.77. The Hall–Kier alpha value is -2.59. The van der Waals surface area contributed by atoms with E-state index in [2.05, 4.69) is 10.3 Å². The third-order valence-corrected chi connectivity index (χ3v) is 4.49. The first kappa shape index (κ1) is 17.2. The molecule has 3 amide bonds. The summed E-state index contributed by atoms with van der Waals surface area (Å²) in [6.45, 7) is 0.492. The SMILES string of the molecule is CNC(=O)C1CC(=O)N(C2CN(C(=O)c3nc[nH]c3C(F)(F)F)C2)C1. The fourth-order valence-electron chi connectivity index (χ4n) is 3.10. The summed E-state index contributed by atoms with van der Waals surface area (Å²) in [5.41, 5.74) is -1.86. The average molecular weight is 359 g/mol. The first-order chi connectivity index (χ1) is 11.7. The van der Waals surface area contributed by atoms with Crippen LogP contribution in [0.4, 0.5) is 13.2 Å². The van der Waals surface area contributed by atoms with Crippen molar-refractivity contribution in [3.8, 4) is 0 Å². The number of hydrogen-bond acceptors (Lipinski definition) is 4. The number of carbonyl (C=O) groups excluding carboxylic acids is 3. The molecule has 136 valence electrons. The van der Waals surface area contributed by atoms with Crippen LogP contribution in [0, 0.1) is 5.92 Å². The Kier molecular flexibility index (Phi) is 4.17. The van der Waals surface area contributed by atoms with Crippen LogP contribution in [0.15, 0.2) is 6.33 Å². The van der Waals surface area contributed by atoms with E-state index in [4.69, 9.17) is 0 Å². The van der Waals surface area contributed by atoms with E-state index in [1.165, 1.54) is 16.8 Å². The third-order valence-electron chi connectivity index (χ3n) is 4.49. The normalized spacial score (nSPS) is 21.4. The number of H-pyrrole nitrogens is 1. The van der Waals surface area contributed by atoms with Gasteiger partial charge >= 0.3 is 6.18 Å². The predicted molar refractivity (Wildman–Crippen MR) is 77.2 cm³/mol. The Labute approximate surface area is 140 Å². The lowest BCUT2D eigenvalue weighted by atomic mass is 10.1. The van der Waals surface area contributed by atoms with Crippen LogP contribution in [-0.4, -0.2) is 70.2 Å². The molecular formula is C14H16F3N5O3. The van der Waals surface area contributed by atoms with Gasteiger partial charge in [-0.15, -0.1) is 0 Å². The Morgan fingerprint density at radius 1 is 1.32 bits per heavy atom. The van der Waals surface area contributed by atoms with Gasteiger partial charge in [-0.2, -0.15) is 13.2 Å². The lowest BCUT2D eigenvalue weighted by Crippen LogP contribution is -2.61. The summed E-state index contributed by atoms with van der Waals surface area (Å²) in [7, 11) is 1.49. The van der Waals surface area contributed by atoms with Gasteiger partial charge in [-0.1, -0.05) is 0 Å². The van der Waals surface area contributed by atoms with Gasteiger partial charge in [-0.25, -0.2) is 4.98 Å². The van der Waals surface area contributed by atoms with Crippen molar-refractivity contribution in [1.82, 2.24) is 25.1 Å². The highest BCUT2D eigenvalue weighted by Crippen LogP contribution is 2.31. The number of nitrogens with zero attached hydrogens (tertiary/aromatic N) is 3. The van der Waals surface area contributed by atoms with E-state index in [0.29, 0.717) is 0 Å². The van der Waals surface area contributed by atoms with E-state index in [1.807, 2.05) is 4.98 Å². The summed E-state index contributed by atoms with van der Waals surface area (Å²) in [5, 5.41) is 2.49. The molecule has 2 aliphatic rings. The number of hydrogen-bond donors (Lipinski definition) is 2. The number of carbonyl (C=O) groups is 3. The van der Waals surface area contributed by atoms with Crippen LogP contribution in [0.2, 0.25) is 0 Å². The zero-order chi connectivity index (χ0) is 18.4. The average Bonchev–Trinajstić information content (AvgIpc) is 3.12. The van der Waals surface area contributed by atoms with Crippen LogP contribution in [0.3, 0.4) is 0 Å². The largest absolute Gasteiger partial charge is 0.433 e. The molecular weight excluding hydrogens is 343 g/mol. The number of amides is 3. The van der Waals surface area contributed by atoms with Gasteiger partial charge in [0.1, 0.15) is 0 Å². The Bertz CT molecular complexity index is 711. The van der Waals surface area contributed by atoms with Gasteiger partial charge in [0.05, 0.1) is 18.3 Å². The van der Waals surface area contributed by atoms with Crippen LogP contribution < -0.4 is 5.32 Å². The van der Waals surface area contributed by atoms with Gasteiger partial charge in [-0.05, 0) is 0 Å². The minimum absolute atomic E-state index is 0.0989. The highest BCUT2D eigenvalue weighted by molar-refractivity contribution is 5.94. The molecule has 2 aliphatic heterocycles. The zero-order valence-electron chi connectivity index (χ0n) is 13.3. The molecule has 0 radical (unpaired) electrons. The number of aromatic nitrogens is 2. The molecule has 0 aromatic carbocycles. The van der Waals surface area contributed by atoms with Gasteiger partial charge < -0.3 is 20.1 Å². The second kappa shape index (κ2) is 6.05. The number of aromatic amines is 1. The zero-order valence-corrected chi connectivity index (χ0v) is 13.3. The van der Waals surface area contributed by atoms with Crippen molar-refractivity contribution < 1.29 is 27.6 Å². The summed E-state index contributed by atoms with van der Waals surface area (Å²) >= 11 is 0. The minimum atomic E-state index is -4.70. The van der Waals surface area contributed by atoms with Crippen molar-refractivity contribution in [2.75, 3.05) is 26.7 Å². The predicted octanol–water partition coefficient (Wildman–Crippen LogP) is -0.153. The maximum Gasteiger partial charge on any atom is 0.433 e. The lowest BCUT2D eigenvalue weighted by Gasteiger charge is -2.43. The van der Waals surface area contributed by atoms with E-state index in [-0.39, 0.29) is 43.9 Å². The van der Waals surface area contributed by atoms with Crippen molar-refractivity contribution in [3.63, 3.8) is 0 Å². The van der Waals surface area contributed by atoms with Crippen molar-refractivity contribution in [2.45, 2.75) is 18.6 Å². The molecule has 25 heavy (non-hydrogen) atoms. The second-order valence-corrected chi connectivity index (χ2v) is 6.05. The molecule has 2 N–H and O–H groups in total. The topological polar surface area (TPSA) is 98.4 Å². The number of imidazole rings is 1. The molecule has 2 saturated heterocycles. The summed E-state index contributed by atoms with van der Waals surface area (Å²) in [5.74, 6) is -1.69. The number of alkyl halides is 3. The summed E-state index contributed by atoms with van der Waals surface area (Å²) in [6, 6.07) is -0.292. The standard InChI is InChI=1S/C14H16F3N5O3/c1-18-12(24)7-2-9(23)22(3-7)8-4-21(5-8)13(25)10-11(14(15,16)17)20-6-19-10/h6-8H,2-5H2,1H3,(H,18,24)(H,19,20). The summed E-state index contributed by atoms with van der Waals surface area (Å²) < 4.78 is 38.5. The Balaban J connectivity index is 1.62. The highest BCUT2D eigenvalue weighted by Gasteiger charge is 2.45. The molecule has 8 nitrogen and oxygen atoms in total. The van der Waals surface area contributed by atoms with Crippen LogP contribution in [0.25, 0.3) is 0 Å². The van der Waals surface area contributed by atoms with Crippen molar-refractivity contribution in [1.29, 1.82) is 0 Å². The summed E-state index contributed by atoms with van der Waals surface area (Å²) in [4.78, 5) is 43.9. The molecule has 0 bridgehead atoms. The van der Waals surface area contributed by atoms with Crippen molar-refractivity contribution in [3.05, 3.63) is 17.7 Å². The van der Waals surface area contributed by atoms with E-state index < -0.39 is 29.4 Å². The number of rotatable bonds is 3. The van der Waals surface area contributed by atoms with Gasteiger partial charge in [0, 0.05) is 33.1 Å². The maximum atomic E-state index is 12.8. The van der Waals surface area contributed by atoms with Gasteiger partial charge in [0.25, 0.3) is 5.91 Å². The molecule has 1 aromatic heterocycles. The Morgan fingerprint density at radius 3 is 2.60 bits per heavy atom. The molecule has 3 rings (SSSR count). The molecule has 0 aliphatic carbocycles. The molecule has 3 heterocycles. The smallest absolute Gasteiger partial charge is 0.359 e. The first-order valence-corrected chi connectivity index (χ1v) is 7.63. The van der Waals surface area contributed by atoms with Gasteiger partial charge in [0.15, 0.2) is 11.4 Å². The third kappa shape index (κ3) is 3.05. The number of halogens is 3. The van der Waals surface area contributed by atoms with Crippen LogP contribution in [-0.2, 0) is 15.8 Å². The molecule has 1 atom stereocenters. The van der Waals surface area contributed by atoms with E-state index in [9.17, 15) is 27.6 Å². The molecule has 11 heteroatoms. The molecule has 2 fully saturated rings. The second-order valence-electron chi connectivity index (χ2n) is 6.05. The fourth-order valence-corrected chi connectivity index (χ4v) is 3.10. The van der Waals surface area contributed by atoms with Crippen molar-refractivity contribution >= 4 is 17.7 Å². The number of likely N-dealkylation sites (tertiary alicyclic amines) is 2. The molecule has 0 saturated carbocycles. The monoisotopic (exact) mass is 359 g/mol. The molecule has 1 aromatic rings. The van der Waals surface area contributed by atoms with Gasteiger partial charge in [0.2, 0.25) is 11.8 Å². The van der Waals surface area contributed by atoms with Crippen LogP contribution >= 0.6 is 0 Å². The molecule has 1 unspecified atom stereocenters. The number of nitrogens with one attached hydrogen (secondary N) is 2. The maximum absolute atomic E-state index is 12.8. The van der Waals surface area contributed by atoms with Crippen LogP contribution in [0.1, 0.15) is 22.6 Å². The Morgan fingerprint density at radius 2 is 2.00 bits per heavy atom. The van der Waals surface area contributed by atoms with E-state index >= 15 is 0 Å². The first-order valence-electron chi connectivity index (χ1n) is 7.63. The fraction of sp³-hybridized carbons (Fsp3) is 0.571. The van der Waals surface area contributed by atoms with Gasteiger partial charge in [-0.3, -0.25) is 14.4 Å². The van der Waals surface area contributed by atoms with Crippen molar-refractivity contribution in [2.24, 2.45) is 5.92 Å². The minimum Gasteiger partial charge on any atom is -0.359 e. The van der Waals surface area contributed by atoms with E-state index in [0.717, 1.165) is 6.33 Å². The quantitative estimate of drug-likeness (QED) is 0.784. The lowest BCUT2D eigenvalue weighted by molar-refractivity contribution is -0.141. The highest BCUT2D eigenvalue weighted by atomic mass is 19.4. The molecule has 0 spiro atoms.